The Labute approximate surface area is 128 Å². The number of carbonyl (C=O) groups excluding carboxylic acids is 1. The summed E-state index contributed by atoms with van der Waals surface area (Å²) < 4.78 is 12.7. The second kappa shape index (κ2) is 5.36. The number of ether oxygens (including phenoxy) is 2. The highest BCUT2D eigenvalue weighted by Crippen LogP contribution is 2.33. The highest BCUT2D eigenvalue weighted by Gasteiger charge is 2.26. The highest BCUT2D eigenvalue weighted by molar-refractivity contribution is 5.95. The lowest BCUT2D eigenvalue weighted by atomic mass is 10.0. The molecular weight excluding hydrogens is 282 g/mol. The molecule has 2 aromatic rings. The molecule has 114 valence electrons. The number of rotatable bonds is 2. The van der Waals surface area contributed by atoms with Gasteiger partial charge >= 0.3 is 0 Å². The number of amides is 1. The number of benzene rings is 1. The molecule has 1 amide bonds. The summed E-state index contributed by atoms with van der Waals surface area (Å²) in [4.78, 5) is 18.7. The number of hydrogen-bond acceptors (Lipinski definition) is 4. The quantitative estimate of drug-likeness (QED) is 0.852. The molecule has 6 nitrogen and oxygen atoms in total. The van der Waals surface area contributed by atoms with E-state index in [4.69, 9.17) is 9.47 Å². The molecular formula is C16H17N3O3. The largest absolute Gasteiger partial charge is 0.454 e. The summed E-state index contributed by atoms with van der Waals surface area (Å²) in [5.41, 5.74) is 0.649. The Morgan fingerprint density at radius 2 is 2.18 bits per heavy atom. The molecule has 0 radical (unpaired) electrons. The third kappa shape index (κ3) is 2.30. The fourth-order valence-corrected chi connectivity index (χ4v) is 3.08. The van der Waals surface area contributed by atoms with Crippen LogP contribution in [0.3, 0.4) is 0 Å². The van der Waals surface area contributed by atoms with Crippen LogP contribution in [0, 0.1) is 0 Å². The van der Waals surface area contributed by atoms with Crippen molar-refractivity contribution in [1.82, 2.24) is 14.5 Å². The normalized spacial score (nSPS) is 20.2. The molecule has 22 heavy (non-hydrogen) atoms. The Morgan fingerprint density at radius 3 is 3.05 bits per heavy atom. The molecule has 3 heterocycles. The topological polar surface area (TPSA) is 56.6 Å². The Kier molecular flexibility index (Phi) is 3.21. The lowest BCUT2D eigenvalue weighted by Gasteiger charge is -2.33. The van der Waals surface area contributed by atoms with Gasteiger partial charge in [0.05, 0.1) is 12.4 Å². The lowest BCUT2D eigenvalue weighted by molar-refractivity contribution is 0.0679. The first-order valence-corrected chi connectivity index (χ1v) is 7.47. The molecule has 0 N–H and O–H groups in total. The van der Waals surface area contributed by atoms with Crippen molar-refractivity contribution in [3.63, 3.8) is 0 Å². The lowest BCUT2D eigenvalue weighted by Crippen LogP contribution is -2.40. The van der Waals surface area contributed by atoms with E-state index in [0.717, 1.165) is 19.4 Å². The minimum atomic E-state index is 0.0446. The van der Waals surface area contributed by atoms with Crippen molar-refractivity contribution in [3.8, 4) is 11.5 Å². The van der Waals surface area contributed by atoms with Crippen LogP contribution in [0.15, 0.2) is 36.9 Å². The van der Waals surface area contributed by atoms with E-state index in [1.54, 1.807) is 24.4 Å². The number of imidazole rings is 1. The third-order valence-electron chi connectivity index (χ3n) is 4.25. The van der Waals surface area contributed by atoms with Gasteiger partial charge in [-0.05, 0) is 31.0 Å². The van der Waals surface area contributed by atoms with E-state index in [1.807, 2.05) is 17.4 Å². The molecule has 1 aromatic heterocycles. The van der Waals surface area contributed by atoms with Crippen LogP contribution in [0.2, 0.25) is 0 Å². The van der Waals surface area contributed by atoms with Crippen molar-refractivity contribution in [2.45, 2.75) is 18.9 Å². The van der Waals surface area contributed by atoms with Gasteiger partial charge in [0, 0.05) is 31.0 Å². The molecule has 6 heteroatoms. The highest BCUT2D eigenvalue weighted by atomic mass is 16.7. The number of piperidine rings is 1. The number of carbonyl (C=O) groups is 1. The van der Waals surface area contributed by atoms with Crippen LogP contribution in [0.25, 0.3) is 0 Å². The molecule has 0 bridgehead atoms. The molecule has 0 aliphatic carbocycles. The molecule has 0 spiro atoms. The Balaban J connectivity index is 1.52. The predicted molar refractivity (Wildman–Crippen MR) is 79.0 cm³/mol. The number of fused-ring (bicyclic) bond motifs is 1. The zero-order chi connectivity index (χ0) is 14.9. The number of hydrogen-bond donors (Lipinski definition) is 0. The van der Waals surface area contributed by atoms with E-state index < -0.39 is 0 Å². The van der Waals surface area contributed by atoms with Gasteiger partial charge in [0.2, 0.25) is 6.79 Å². The van der Waals surface area contributed by atoms with Crippen molar-refractivity contribution < 1.29 is 14.3 Å². The summed E-state index contributed by atoms with van der Waals surface area (Å²) in [5, 5.41) is 0. The summed E-state index contributed by atoms with van der Waals surface area (Å²) in [6.07, 6.45) is 7.62. The molecule has 2 aliphatic rings. The first-order valence-electron chi connectivity index (χ1n) is 7.47. The Bertz CT molecular complexity index is 684. The van der Waals surface area contributed by atoms with Crippen LogP contribution in [0.5, 0.6) is 11.5 Å². The van der Waals surface area contributed by atoms with Crippen LogP contribution in [0.1, 0.15) is 29.2 Å². The van der Waals surface area contributed by atoms with Crippen molar-refractivity contribution >= 4 is 5.91 Å². The molecule has 1 saturated heterocycles. The van der Waals surface area contributed by atoms with Gasteiger partial charge in [0.15, 0.2) is 11.5 Å². The van der Waals surface area contributed by atoms with E-state index in [0.29, 0.717) is 29.6 Å². The second-order valence-corrected chi connectivity index (χ2v) is 5.63. The molecule has 1 atom stereocenters. The fraction of sp³-hybridized carbons (Fsp3) is 0.375. The van der Waals surface area contributed by atoms with Crippen LogP contribution in [-0.2, 0) is 0 Å². The van der Waals surface area contributed by atoms with E-state index in [1.165, 1.54) is 0 Å². The van der Waals surface area contributed by atoms with Gasteiger partial charge in [0.25, 0.3) is 5.91 Å². The van der Waals surface area contributed by atoms with Crippen LogP contribution in [0.4, 0.5) is 0 Å². The standard InChI is InChI=1S/C16H17N3O3/c20-16(12-3-4-14-15(8-12)22-11-21-14)18-6-1-2-13(9-18)19-7-5-17-10-19/h3-5,7-8,10,13H,1-2,6,9,11H2/t13-/m1/s1. The maximum absolute atomic E-state index is 12.7. The minimum Gasteiger partial charge on any atom is -0.454 e. The summed E-state index contributed by atoms with van der Waals surface area (Å²) in [6.45, 7) is 1.72. The van der Waals surface area contributed by atoms with E-state index in [-0.39, 0.29) is 12.7 Å². The van der Waals surface area contributed by atoms with Crippen LogP contribution in [-0.4, -0.2) is 40.2 Å². The van der Waals surface area contributed by atoms with Gasteiger partial charge in [-0.25, -0.2) is 4.98 Å². The van der Waals surface area contributed by atoms with Gasteiger partial charge in [-0.3, -0.25) is 4.79 Å². The van der Waals surface area contributed by atoms with Gasteiger partial charge in [0.1, 0.15) is 0 Å². The average molecular weight is 299 g/mol. The Hall–Kier alpha value is -2.50. The van der Waals surface area contributed by atoms with Gasteiger partial charge < -0.3 is 18.9 Å². The monoisotopic (exact) mass is 299 g/mol. The zero-order valence-corrected chi connectivity index (χ0v) is 12.1. The van der Waals surface area contributed by atoms with Crippen molar-refractivity contribution in [2.24, 2.45) is 0 Å². The zero-order valence-electron chi connectivity index (χ0n) is 12.1. The molecule has 0 saturated carbocycles. The van der Waals surface area contributed by atoms with Gasteiger partial charge in [-0.2, -0.15) is 0 Å². The smallest absolute Gasteiger partial charge is 0.254 e. The van der Waals surface area contributed by atoms with Crippen LogP contribution < -0.4 is 9.47 Å². The third-order valence-corrected chi connectivity index (χ3v) is 4.25. The maximum atomic E-state index is 12.7. The van der Waals surface area contributed by atoms with Crippen LogP contribution >= 0.6 is 0 Å². The Morgan fingerprint density at radius 1 is 1.27 bits per heavy atom. The van der Waals surface area contributed by atoms with Crippen molar-refractivity contribution in [3.05, 3.63) is 42.5 Å². The summed E-state index contributed by atoms with van der Waals surface area (Å²) in [6, 6.07) is 5.67. The molecule has 2 aliphatic heterocycles. The molecule has 1 aromatic carbocycles. The van der Waals surface area contributed by atoms with Crippen molar-refractivity contribution in [2.75, 3.05) is 19.9 Å². The van der Waals surface area contributed by atoms with E-state index in [9.17, 15) is 4.79 Å². The first-order chi connectivity index (χ1) is 10.8. The fourth-order valence-electron chi connectivity index (χ4n) is 3.08. The van der Waals surface area contributed by atoms with E-state index in [2.05, 4.69) is 9.55 Å². The summed E-state index contributed by atoms with van der Waals surface area (Å²) in [7, 11) is 0. The average Bonchev–Trinajstić information content (AvgIpc) is 3.25. The van der Waals surface area contributed by atoms with Gasteiger partial charge in [-0.1, -0.05) is 0 Å². The predicted octanol–water partition coefficient (Wildman–Crippen LogP) is 2.09. The SMILES string of the molecule is O=C(c1ccc2c(c1)OCO2)N1CCC[C@@H](n2ccnc2)C1. The number of likely N-dealkylation sites (tertiary alicyclic amines) is 1. The molecule has 1 fully saturated rings. The molecule has 4 rings (SSSR count). The number of nitrogens with zero attached hydrogens (tertiary/aromatic N) is 3. The molecule has 0 unspecified atom stereocenters. The van der Waals surface area contributed by atoms with Crippen molar-refractivity contribution in [1.29, 1.82) is 0 Å². The van der Waals surface area contributed by atoms with E-state index >= 15 is 0 Å². The minimum absolute atomic E-state index is 0.0446. The van der Waals surface area contributed by atoms with Gasteiger partial charge in [-0.15, -0.1) is 0 Å². The maximum Gasteiger partial charge on any atom is 0.254 e. The summed E-state index contributed by atoms with van der Waals surface area (Å²) in [5.74, 6) is 1.39. The number of aromatic nitrogens is 2. The second-order valence-electron chi connectivity index (χ2n) is 5.63. The first kappa shape index (κ1) is 13.2. The summed E-state index contributed by atoms with van der Waals surface area (Å²) >= 11 is 0.